The lowest BCUT2D eigenvalue weighted by atomic mass is 9.97. The Kier molecular flexibility index (Phi) is 7.25. The highest BCUT2D eigenvalue weighted by molar-refractivity contribution is 7.89. The Labute approximate surface area is 213 Å². The van der Waals surface area contributed by atoms with Gasteiger partial charge in [0.05, 0.1) is 16.3 Å². The van der Waals surface area contributed by atoms with E-state index in [2.05, 4.69) is 17.1 Å². The number of pyridine rings is 1. The van der Waals surface area contributed by atoms with Crippen LogP contribution in [0.15, 0.2) is 59.5 Å². The largest absolute Gasteiger partial charge is 0.356 e. The Morgan fingerprint density at radius 2 is 1.75 bits per heavy atom. The molecule has 8 heteroatoms. The fraction of sp³-hybridized carbons (Fsp3) is 0.429. The van der Waals surface area contributed by atoms with Gasteiger partial charge in [0.1, 0.15) is 5.82 Å². The SMILES string of the molecule is CCc1ccc(NC(=O)[C@@H]2CCCN(c3ccc4cc(S(=O)(=O)N5CCCCC5)ccc4n3)C2)cc1. The Morgan fingerprint density at radius 3 is 2.50 bits per heavy atom. The molecule has 1 aromatic heterocycles. The number of nitrogens with one attached hydrogen (secondary N) is 1. The zero-order chi connectivity index (χ0) is 25.1. The molecule has 0 radical (unpaired) electrons. The number of sulfonamides is 1. The number of anilines is 2. The summed E-state index contributed by atoms with van der Waals surface area (Å²) >= 11 is 0. The minimum absolute atomic E-state index is 0.0392. The van der Waals surface area contributed by atoms with Gasteiger partial charge in [-0.2, -0.15) is 4.31 Å². The Morgan fingerprint density at radius 1 is 0.972 bits per heavy atom. The monoisotopic (exact) mass is 506 g/mol. The van der Waals surface area contributed by atoms with Crippen LogP contribution in [0, 0.1) is 5.92 Å². The van der Waals surface area contributed by atoms with Gasteiger partial charge in [-0.25, -0.2) is 13.4 Å². The number of aryl methyl sites for hydroxylation is 1. The maximum Gasteiger partial charge on any atom is 0.243 e. The van der Waals surface area contributed by atoms with Gasteiger partial charge in [0.15, 0.2) is 0 Å². The predicted molar refractivity (Wildman–Crippen MR) is 144 cm³/mol. The van der Waals surface area contributed by atoms with Crippen molar-refractivity contribution in [1.82, 2.24) is 9.29 Å². The second-order valence-corrected chi connectivity index (χ2v) is 11.8. The number of aromatic nitrogens is 1. The number of benzene rings is 2. The highest BCUT2D eigenvalue weighted by Crippen LogP contribution is 2.28. The maximum atomic E-state index is 13.1. The third-order valence-electron chi connectivity index (χ3n) is 7.34. The molecule has 1 amide bonds. The van der Waals surface area contributed by atoms with Crippen LogP contribution >= 0.6 is 0 Å². The van der Waals surface area contributed by atoms with E-state index in [1.807, 2.05) is 36.4 Å². The molecule has 2 aliphatic rings. The number of rotatable bonds is 6. The standard InChI is InChI=1S/C28H34N4O3S/c1-2-21-8-11-24(12-9-21)29-28(33)23-7-6-16-31(20-23)27-15-10-22-19-25(13-14-26(22)30-27)36(34,35)32-17-4-3-5-18-32/h8-15,19,23H,2-7,16-18,20H2,1H3,(H,29,33)/t23-/m1/s1. The van der Waals surface area contributed by atoms with Crippen LogP contribution in [-0.4, -0.2) is 49.8 Å². The summed E-state index contributed by atoms with van der Waals surface area (Å²) in [5, 5.41) is 3.87. The van der Waals surface area contributed by atoms with E-state index in [0.29, 0.717) is 24.5 Å². The van der Waals surface area contributed by atoms with E-state index in [1.165, 1.54) is 5.56 Å². The minimum atomic E-state index is -3.48. The first-order valence-corrected chi connectivity index (χ1v) is 14.4. The van der Waals surface area contributed by atoms with Crippen molar-refractivity contribution >= 4 is 38.3 Å². The van der Waals surface area contributed by atoms with Crippen LogP contribution in [0.1, 0.15) is 44.6 Å². The van der Waals surface area contributed by atoms with Gasteiger partial charge in [0.2, 0.25) is 15.9 Å². The first kappa shape index (κ1) is 24.7. The van der Waals surface area contributed by atoms with Gasteiger partial charge < -0.3 is 10.2 Å². The van der Waals surface area contributed by atoms with E-state index < -0.39 is 10.0 Å². The average molecular weight is 507 g/mol. The van der Waals surface area contributed by atoms with Gasteiger partial charge in [0.25, 0.3) is 0 Å². The number of carbonyl (C=O) groups excluding carboxylic acids is 1. The van der Waals surface area contributed by atoms with E-state index in [4.69, 9.17) is 4.98 Å². The topological polar surface area (TPSA) is 82.6 Å². The highest BCUT2D eigenvalue weighted by Gasteiger charge is 2.28. The summed E-state index contributed by atoms with van der Waals surface area (Å²) in [6.45, 7) is 4.74. The fourth-order valence-electron chi connectivity index (χ4n) is 5.15. The van der Waals surface area contributed by atoms with E-state index in [0.717, 1.165) is 67.5 Å². The molecule has 5 rings (SSSR count). The second-order valence-electron chi connectivity index (χ2n) is 9.81. The van der Waals surface area contributed by atoms with Crippen molar-refractivity contribution in [3.05, 3.63) is 60.2 Å². The van der Waals surface area contributed by atoms with Crippen LogP contribution in [0.3, 0.4) is 0 Å². The van der Waals surface area contributed by atoms with E-state index >= 15 is 0 Å². The zero-order valence-electron chi connectivity index (χ0n) is 20.8. The summed E-state index contributed by atoms with van der Waals surface area (Å²) in [4.78, 5) is 20.3. The molecule has 2 aromatic carbocycles. The number of hydrogen-bond donors (Lipinski definition) is 1. The zero-order valence-corrected chi connectivity index (χ0v) is 21.6. The highest BCUT2D eigenvalue weighted by atomic mass is 32.2. The molecule has 1 N–H and O–H groups in total. The summed E-state index contributed by atoms with van der Waals surface area (Å²) in [6, 6.07) is 17.1. The van der Waals surface area contributed by atoms with Crippen LogP contribution in [0.2, 0.25) is 0 Å². The lowest BCUT2D eigenvalue weighted by Crippen LogP contribution is -2.41. The van der Waals surface area contributed by atoms with Crippen LogP contribution in [0.4, 0.5) is 11.5 Å². The Balaban J connectivity index is 1.29. The van der Waals surface area contributed by atoms with Crippen molar-refractivity contribution in [2.75, 3.05) is 36.4 Å². The molecule has 7 nitrogen and oxygen atoms in total. The first-order chi connectivity index (χ1) is 17.4. The molecule has 0 bridgehead atoms. The molecule has 2 fully saturated rings. The summed E-state index contributed by atoms with van der Waals surface area (Å²) in [6.07, 6.45) is 5.65. The molecule has 2 aliphatic heterocycles. The van der Waals surface area contributed by atoms with Gasteiger partial charge in [0, 0.05) is 37.3 Å². The smallest absolute Gasteiger partial charge is 0.243 e. The first-order valence-electron chi connectivity index (χ1n) is 13.0. The maximum absolute atomic E-state index is 13.1. The molecular formula is C28H34N4O3S. The Bertz CT molecular complexity index is 1330. The number of hydrogen-bond acceptors (Lipinski definition) is 5. The quantitative estimate of drug-likeness (QED) is 0.518. The van der Waals surface area contributed by atoms with Crippen molar-refractivity contribution in [3.63, 3.8) is 0 Å². The van der Waals surface area contributed by atoms with Gasteiger partial charge in [-0.05, 0) is 80.1 Å². The molecule has 0 unspecified atom stereocenters. The summed E-state index contributed by atoms with van der Waals surface area (Å²) in [5.74, 6) is 0.746. The van der Waals surface area contributed by atoms with Crippen LogP contribution in [0.5, 0.6) is 0 Å². The van der Waals surface area contributed by atoms with Crippen LogP contribution < -0.4 is 10.2 Å². The molecule has 0 spiro atoms. The van der Waals surface area contributed by atoms with Crippen molar-refractivity contribution < 1.29 is 13.2 Å². The molecule has 3 aromatic rings. The number of carbonyl (C=O) groups is 1. The number of fused-ring (bicyclic) bond motifs is 1. The van der Waals surface area contributed by atoms with Gasteiger partial charge in [-0.15, -0.1) is 0 Å². The second kappa shape index (κ2) is 10.6. The third kappa shape index (κ3) is 5.25. The number of nitrogens with zero attached hydrogens (tertiary/aromatic N) is 3. The lowest BCUT2D eigenvalue weighted by Gasteiger charge is -2.33. The molecule has 0 aliphatic carbocycles. The predicted octanol–water partition coefficient (Wildman–Crippen LogP) is 4.83. The molecule has 0 saturated carbocycles. The molecule has 2 saturated heterocycles. The summed E-state index contributed by atoms with van der Waals surface area (Å²) in [7, 11) is -3.48. The molecule has 190 valence electrons. The van der Waals surface area contributed by atoms with E-state index in [-0.39, 0.29) is 11.8 Å². The Hall–Kier alpha value is -2.97. The molecule has 3 heterocycles. The van der Waals surface area contributed by atoms with Gasteiger partial charge in [-0.3, -0.25) is 4.79 Å². The van der Waals surface area contributed by atoms with Gasteiger partial charge >= 0.3 is 0 Å². The average Bonchev–Trinajstić information content (AvgIpc) is 2.93. The fourth-order valence-corrected chi connectivity index (χ4v) is 6.70. The lowest BCUT2D eigenvalue weighted by molar-refractivity contribution is -0.120. The summed E-state index contributed by atoms with van der Waals surface area (Å²) < 4.78 is 27.7. The van der Waals surface area contributed by atoms with Crippen molar-refractivity contribution in [1.29, 1.82) is 0 Å². The number of piperidine rings is 2. The third-order valence-corrected chi connectivity index (χ3v) is 9.24. The molecular weight excluding hydrogens is 472 g/mol. The van der Waals surface area contributed by atoms with Crippen molar-refractivity contribution in [2.45, 2.75) is 50.3 Å². The minimum Gasteiger partial charge on any atom is -0.356 e. The van der Waals surface area contributed by atoms with E-state index in [9.17, 15) is 13.2 Å². The van der Waals surface area contributed by atoms with Crippen LogP contribution in [-0.2, 0) is 21.2 Å². The van der Waals surface area contributed by atoms with Gasteiger partial charge in [-0.1, -0.05) is 25.5 Å². The van der Waals surface area contributed by atoms with Crippen molar-refractivity contribution in [2.24, 2.45) is 5.92 Å². The van der Waals surface area contributed by atoms with Crippen molar-refractivity contribution in [3.8, 4) is 0 Å². The van der Waals surface area contributed by atoms with Crippen LogP contribution in [0.25, 0.3) is 10.9 Å². The molecule has 36 heavy (non-hydrogen) atoms. The normalized spacial score (nSPS) is 19.4. The van der Waals surface area contributed by atoms with E-state index in [1.54, 1.807) is 22.5 Å². The summed E-state index contributed by atoms with van der Waals surface area (Å²) in [5.41, 5.74) is 2.83. The molecule has 1 atom stereocenters. The number of amides is 1.